The van der Waals surface area contributed by atoms with Gasteiger partial charge in [-0.2, -0.15) is 0 Å². The van der Waals surface area contributed by atoms with E-state index in [4.69, 9.17) is 0 Å². The van der Waals surface area contributed by atoms with Gasteiger partial charge in [-0.1, -0.05) is 36.4 Å². The number of hydrogen-bond acceptors (Lipinski definition) is 2. The van der Waals surface area contributed by atoms with Crippen LogP contribution in [0.1, 0.15) is 16.1 Å². The van der Waals surface area contributed by atoms with Gasteiger partial charge in [0.15, 0.2) is 0 Å². The topological polar surface area (TPSA) is 82.2 Å². The molecular formula is C17H14N2O3. The van der Waals surface area contributed by atoms with E-state index in [-0.39, 0.29) is 18.0 Å². The summed E-state index contributed by atoms with van der Waals surface area (Å²) in [6, 6.07) is 16.3. The quantitative estimate of drug-likeness (QED) is 0.691. The predicted octanol–water partition coefficient (Wildman–Crippen LogP) is 3.05. The monoisotopic (exact) mass is 294 g/mol. The Labute approximate surface area is 126 Å². The van der Waals surface area contributed by atoms with Crippen molar-refractivity contribution in [1.82, 2.24) is 4.98 Å². The maximum absolute atomic E-state index is 12.2. The van der Waals surface area contributed by atoms with E-state index >= 15 is 0 Å². The van der Waals surface area contributed by atoms with Crippen molar-refractivity contribution in [2.45, 2.75) is 6.42 Å². The van der Waals surface area contributed by atoms with Crippen LogP contribution < -0.4 is 5.32 Å². The van der Waals surface area contributed by atoms with Crippen molar-refractivity contribution in [3.63, 3.8) is 0 Å². The molecule has 22 heavy (non-hydrogen) atoms. The smallest absolute Gasteiger partial charge is 0.352 e. The summed E-state index contributed by atoms with van der Waals surface area (Å²) >= 11 is 0. The standard InChI is InChI=1S/C17H14N2O3/c20-15(18-11-6-2-1-3-7-11)10-13-12-8-4-5-9-14(12)19-16(13)17(21)22/h1-9,19H,10H2,(H,18,20)(H,21,22). The average molecular weight is 294 g/mol. The first kappa shape index (κ1) is 13.9. The molecule has 110 valence electrons. The first-order valence-electron chi connectivity index (χ1n) is 6.83. The van der Waals surface area contributed by atoms with Crippen molar-refractivity contribution in [1.29, 1.82) is 0 Å². The third-order valence-corrected chi connectivity index (χ3v) is 3.42. The summed E-state index contributed by atoms with van der Waals surface area (Å²) in [4.78, 5) is 26.4. The minimum absolute atomic E-state index is 0.000537. The van der Waals surface area contributed by atoms with Crippen molar-refractivity contribution in [2.75, 3.05) is 5.32 Å². The number of carboxylic acids is 1. The zero-order chi connectivity index (χ0) is 15.5. The molecule has 0 bridgehead atoms. The molecule has 3 aromatic rings. The number of nitrogens with one attached hydrogen (secondary N) is 2. The number of aromatic carboxylic acids is 1. The molecule has 0 aliphatic heterocycles. The SMILES string of the molecule is O=C(Cc1c(C(=O)O)[nH]c2ccccc12)Nc1ccccc1. The van der Waals surface area contributed by atoms with Gasteiger partial charge in [0, 0.05) is 22.2 Å². The van der Waals surface area contributed by atoms with Gasteiger partial charge in [-0.25, -0.2) is 4.79 Å². The number of fused-ring (bicyclic) bond motifs is 1. The number of hydrogen-bond donors (Lipinski definition) is 3. The molecule has 0 radical (unpaired) electrons. The second kappa shape index (κ2) is 5.73. The number of para-hydroxylation sites is 2. The number of rotatable bonds is 4. The molecule has 0 aliphatic carbocycles. The van der Waals surface area contributed by atoms with Gasteiger partial charge in [-0.05, 0) is 18.2 Å². The Morgan fingerprint density at radius 3 is 2.41 bits per heavy atom. The molecule has 0 aliphatic rings. The first-order valence-corrected chi connectivity index (χ1v) is 6.83. The van der Waals surface area contributed by atoms with E-state index < -0.39 is 5.97 Å². The predicted molar refractivity (Wildman–Crippen MR) is 84.0 cm³/mol. The lowest BCUT2D eigenvalue weighted by atomic mass is 10.1. The molecule has 5 heteroatoms. The Balaban J connectivity index is 1.91. The Bertz CT molecular complexity index is 837. The van der Waals surface area contributed by atoms with E-state index in [9.17, 15) is 14.7 Å². The Morgan fingerprint density at radius 1 is 1.00 bits per heavy atom. The molecule has 5 nitrogen and oxygen atoms in total. The van der Waals surface area contributed by atoms with E-state index in [2.05, 4.69) is 10.3 Å². The summed E-state index contributed by atoms with van der Waals surface area (Å²) in [6.07, 6.45) is 0.000537. The molecule has 1 aromatic heterocycles. The van der Waals surface area contributed by atoms with Crippen LogP contribution >= 0.6 is 0 Å². The molecule has 0 saturated heterocycles. The fourth-order valence-electron chi connectivity index (χ4n) is 2.45. The second-order valence-corrected chi connectivity index (χ2v) is 4.92. The highest BCUT2D eigenvalue weighted by Crippen LogP contribution is 2.23. The first-order chi connectivity index (χ1) is 10.6. The van der Waals surface area contributed by atoms with Crippen LogP contribution in [0.2, 0.25) is 0 Å². The van der Waals surface area contributed by atoms with E-state index in [0.29, 0.717) is 16.8 Å². The molecule has 1 amide bonds. The van der Waals surface area contributed by atoms with E-state index in [1.54, 1.807) is 18.2 Å². The molecule has 0 saturated carbocycles. The van der Waals surface area contributed by atoms with Crippen LogP contribution in [0, 0.1) is 0 Å². The van der Waals surface area contributed by atoms with Crippen LogP contribution in [-0.4, -0.2) is 22.0 Å². The number of aromatic amines is 1. The number of carboxylic acid groups (broad SMARTS) is 1. The number of anilines is 1. The van der Waals surface area contributed by atoms with E-state index in [0.717, 1.165) is 5.39 Å². The van der Waals surface area contributed by atoms with Gasteiger partial charge >= 0.3 is 5.97 Å². The molecule has 0 atom stereocenters. The molecular weight excluding hydrogens is 280 g/mol. The fraction of sp³-hybridized carbons (Fsp3) is 0.0588. The lowest BCUT2D eigenvalue weighted by Gasteiger charge is -2.05. The summed E-state index contributed by atoms with van der Waals surface area (Å²) < 4.78 is 0. The van der Waals surface area contributed by atoms with Gasteiger partial charge in [0.25, 0.3) is 0 Å². The van der Waals surface area contributed by atoms with Gasteiger partial charge in [-0.3, -0.25) is 4.79 Å². The van der Waals surface area contributed by atoms with Crippen LogP contribution in [0.3, 0.4) is 0 Å². The van der Waals surface area contributed by atoms with Crippen LogP contribution in [0.4, 0.5) is 5.69 Å². The number of aromatic nitrogens is 1. The summed E-state index contributed by atoms with van der Waals surface area (Å²) in [5.74, 6) is -1.32. The normalized spacial score (nSPS) is 10.5. The van der Waals surface area contributed by atoms with Crippen molar-refractivity contribution in [3.8, 4) is 0 Å². The van der Waals surface area contributed by atoms with E-state index in [1.165, 1.54) is 0 Å². The number of benzene rings is 2. The lowest BCUT2D eigenvalue weighted by molar-refractivity contribution is -0.115. The highest BCUT2D eigenvalue weighted by atomic mass is 16.4. The lowest BCUT2D eigenvalue weighted by Crippen LogP contribution is -2.16. The van der Waals surface area contributed by atoms with Crippen LogP contribution in [-0.2, 0) is 11.2 Å². The molecule has 3 rings (SSSR count). The van der Waals surface area contributed by atoms with Gasteiger partial charge in [0.1, 0.15) is 5.69 Å². The van der Waals surface area contributed by atoms with Crippen LogP contribution in [0.5, 0.6) is 0 Å². The van der Waals surface area contributed by atoms with Gasteiger partial charge in [0.2, 0.25) is 5.91 Å². The maximum Gasteiger partial charge on any atom is 0.352 e. The third-order valence-electron chi connectivity index (χ3n) is 3.42. The number of amides is 1. The maximum atomic E-state index is 12.2. The zero-order valence-corrected chi connectivity index (χ0v) is 11.7. The zero-order valence-electron chi connectivity index (χ0n) is 11.7. The van der Waals surface area contributed by atoms with Crippen molar-refractivity contribution >= 4 is 28.5 Å². The van der Waals surface area contributed by atoms with Crippen LogP contribution in [0.15, 0.2) is 54.6 Å². The molecule has 0 spiro atoms. The minimum Gasteiger partial charge on any atom is -0.477 e. The second-order valence-electron chi connectivity index (χ2n) is 4.92. The number of H-pyrrole nitrogens is 1. The molecule has 0 fully saturated rings. The summed E-state index contributed by atoms with van der Waals surface area (Å²) in [6.45, 7) is 0. The number of carbonyl (C=O) groups excluding carboxylic acids is 1. The average Bonchev–Trinajstić information content (AvgIpc) is 2.87. The summed E-state index contributed by atoms with van der Waals surface area (Å²) in [5.41, 5.74) is 1.95. The third kappa shape index (κ3) is 2.69. The summed E-state index contributed by atoms with van der Waals surface area (Å²) in [5, 5.41) is 12.8. The fourth-order valence-corrected chi connectivity index (χ4v) is 2.45. The summed E-state index contributed by atoms with van der Waals surface area (Å²) in [7, 11) is 0. The number of carbonyl (C=O) groups is 2. The Hall–Kier alpha value is -3.08. The Kier molecular flexibility index (Phi) is 3.62. The Morgan fingerprint density at radius 2 is 1.68 bits per heavy atom. The van der Waals surface area contributed by atoms with Crippen molar-refractivity contribution in [2.24, 2.45) is 0 Å². The highest BCUT2D eigenvalue weighted by Gasteiger charge is 2.19. The van der Waals surface area contributed by atoms with Gasteiger partial charge in [0.05, 0.1) is 6.42 Å². The van der Waals surface area contributed by atoms with Crippen molar-refractivity contribution in [3.05, 3.63) is 65.9 Å². The van der Waals surface area contributed by atoms with E-state index in [1.807, 2.05) is 36.4 Å². The molecule has 3 N–H and O–H groups in total. The van der Waals surface area contributed by atoms with Gasteiger partial charge in [-0.15, -0.1) is 0 Å². The molecule has 0 unspecified atom stereocenters. The van der Waals surface area contributed by atoms with Crippen LogP contribution in [0.25, 0.3) is 10.9 Å². The largest absolute Gasteiger partial charge is 0.477 e. The minimum atomic E-state index is -1.07. The van der Waals surface area contributed by atoms with Crippen molar-refractivity contribution < 1.29 is 14.7 Å². The highest BCUT2D eigenvalue weighted by molar-refractivity contribution is 6.02. The van der Waals surface area contributed by atoms with Gasteiger partial charge < -0.3 is 15.4 Å². The molecule has 2 aromatic carbocycles. The molecule has 1 heterocycles.